The van der Waals surface area contributed by atoms with Gasteiger partial charge >= 0.3 is 0 Å². The second-order valence-corrected chi connectivity index (χ2v) is 6.16. The molecule has 2 atom stereocenters. The zero-order valence-corrected chi connectivity index (χ0v) is 13.3. The third-order valence-electron chi connectivity index (χ3n) is 3.19. The van der Waals surface area contributed by atoms with Crippen molar-refractivity contribution in [1.29, 1.82) is 0 Å². The van der Waals surface area contributed by atoms with E-state index in [4.69, 9.17) is 4.74 Å². The predicted molar refractivity (Wildman–Crippen MR) is 84.4 cm³/mol. The first kappa shape index (κ1) is 15.0. The number of hydrogen-bond donors (Lipinski definition) is 1. The molecule has 4 heteroatoms. The summed E-state index contributed by atoms with van der Waals surface area (Å²) in [6, 6.07) is 8.65. The van der Waals surface area contributed by atoms with Crippen LogP contribution >= 0.6 is 11.3 Å². The van der Waals surface area contributed by atoms with E-state index in [0.717, 1.165) is 10.8 Å². The fraction of sp³-hybridized carbons (Fsp3) is 0.438. The number of aryl methyl sites for hydroxylation is 1. The van der Waals surface area contributed by atoms with Crippen molar-refractivity contribution in [3.63, 3.8) is 0 Å². The van der Waals surface area contributed by atoms with Crippen LogP contribution in [0.15, 0.2) is 30.5 Å². The van der Waals surface area contributed by atoms with Crippen molar-refractivity contribution < 1.29 is 4.74 Å². The molecule has 0 saturated carbocycles. The highest BCUT2D eigenvalue weighted by atomic mass is 32.1. The first-order valence-corrected chi connectivity index (χ1v) is 7.83. The average molecular weight is 290 g/mol. The molecule has 2 rings (SSSR count). The number of hydrogen-bond acceptors (Lipinski definition) is 4. The minimum atomic E-state index is 0.219. The van der Waals surface area contributed by atoms with Crippen LogP contribution in [0.2, 0.25) is 0 Å². The Balaban J connectivity index is 2.09. The minimum Gasteiger partial charge on any atom is -0.494 e. The lowest BCUT2D eigenvalue weighted by atomic mass is 10.1. The Morgan fingerprint density at radius 1 is 1.25 bits per heavy atom. The van der Waals surface area contributed by atoms with Gasteiger partial charge in [-0.15, -0.1) is 11.3 Å². The highest BCUT2D eigenvalue weighted by Crippen LogP contribution is 2.28. The van der Waals surface area contributed by atoms with Crippen LogP contribution in [-0.4, -0.2) is 11.6 Å². The van der Waals surface area contributed by atoms with E-state index in [1.54, 1.807) is 11.3 Å². The summed E-state index contributed by atoms with van der Waals surface area (Å²) in [5.41, 5.74) is 1.19. The summed E-state index contributed by atoms with van der Waals surface area (Å²) in [5.74, 6) is 0.956. The van der Waals surface area contributed by atoms with Crippen LogP contribution in [0, 0.1) is 6.92 Å². The maximum absolute atomic E-state index is 5.70. The molecule has 0 fully saturated rings. The van der Waals surface area contributed by atoms with Gasteiger partial charge in [0.1, 0.15) is 10.8 Å². The van der Waals surface area contributed by atoms with Crippen LogP contribution in [0.25, 0.3) is 0 Å². The third-order valence-corrected chi connectivity index (χ3v) is 4.29. The highest BCUT2D eigenvalue weighted by molar-refractivity contribution is 7.11. The molecule has 1 heterocycles. The van der Waals surface area contributed by atoms with Crippen molar-refractivity contribution in [3.05, 3.63) is 45.9 Å². The van der Waals surface area contributed by atoms with Crippen molar-refractivity contribution >= 4 is 11.3 Å². The van der Waals surface area contributed by atoms with Gasteiger partial charge in [0, 0.05) is 22.7 Å². The maximum atomic E-state index is 5.70. The van der Waals surface area contributed by atoms with Gasteiger partial charge in [-0.05, 0) is 33.8 Å². The lowest BCUT2D eigenvalue weighted by molar-refractivity contribution is 0.331. The van der Waals surface area contributed by atoms with Crippen molar-refractivity contribution in [2.75, 3.05) is 6.61 Å². The van der Waals surface area contributed by atoms with E-state index in [-0.39, 0.29) is 12.1 Å². The number of benzene rings is 1. The first-order chi connectivity index (χ1) is 9.61. The molecule has 3 nitrogen and oxygen atoms in total. The van der Waals surface area contributed by atoms with Gasteiger partial charge in [0.25, 0.3) is 0 Å². The maximum Gasteiger partial charge on any atom is 0.124 e. The van der Waals surface area contributed by atoms with Crippen LogP contribution in [0.3, 0.4) is 0 Å². The van der Waals surface area contributed by atoms with E-state index in [2.05, 4.69) is 37.1 Å². The van der Waals surface area contributed by atoms with Crippen LogP contribution in [0.5, 0.6) is 5.75 Å². The van der Waals surface area contributed by atoms with E-state index in [1.165, 1.54) is 10.4 Å². The molecule has 0 aliphatic rings. The van der Waals surface area contributed by atoms with Gasteiger partial charge in [-0.25, -0.2) is 4.98 Å². The lowest BCUT2D eigenvalue weighted by Crippen LogP contribution is -2.22. The molecule has 2 aromatic rings. The van der Waals surface area contributed by atoms with Gasteiger partial charge in [0.15, 0.2) is 0 Å². The lowest BCUT2D eigenvalue weighted by Gasteiger charge is -2.21. The Hall–Kier alpha value is -1.39. The van der Waals surface area contributed by atoms with E-state index < -0.39 is 0 Å². The Morgan fingerprint density at radius 2 is 2.00 bits per heavy atom. The summed E-state index contributed by atoms with van der Waals surface area (Å²) < 4.78 is 5.70. The fourth-order valence-electron chi connectivity index (χ4n) is 2.23. The standard InChI is InChI=1S/C16H22N2OS/c1-5-19-15-9-7-6-8-14(15)12(3)18-13(4)16-17-10-11(2)20-16/h6-10,12-13,18H,5H2,1-4H3. The monoisotopic (exact) mass is 290 g/mol. The largest absolute Gasteiger partial charge is 0.494 e. The van der Waals surface area contributed by atoms with Crippen molar-refractivity contribution in [1.82, 2.24) is 10.3 Å². The van der Waals surface area contributed by atoms with Gasteiger partial charge in [-0.3, -0.25) is 0 Å². The van der Waals surface area contributed by atoms with Gasteiger partial charge < -0.3 is 10.1 Å². The molecule has 1 aromatic carbocycles. The second kappa shape index (κ2) is 6.86. The molecule has 0 bridgehead atoms. The second-order valence-electron chi connectivity index (χ2n) is 4.89. The van der Waals surface area contributed by atoms with Crippen molar-refractivity contribution in [3.8, 4) is 5.75 Å². The van der Waals surface area contributed by atoms with Crippen molar-refractivity contribution in [2.45, 2.75) is 39.8 Å². The summed E-state index contributed by atoms with van der Waals surface area (Å²) in [5, 5.41) is 4.72. The molecule has 0 amide bonds. The SMILES string of the molecule is CCOc1ccccc1C(C)NC(C)c1ncc(C)s1. The van der Waals surface area contributed by atoms with Gasteiger partial charge in [-0.2, -0.15) is 0 Å². The van der Waals surface area contributed by atoms with E-state index in [9.17, 15) is 0 Å². The van der Waals surface area contributed by atoms with Crippen molar-refractivity contribution in [2.24, 2.45) is 0 Å². The molecular weight excluding hydrogens is 268 g/mol. The Bertz CT molecular complexity index is 553. The van der Waals surface area contributed by atoms with Crippen LogP contribution in [0.1, 0.15) is 48.3 Å². The Kier molecular flexibility index (Phi) is 5.15. The van der Waals surface area contributed by atoms with Crippen LogP contribution in [0.4, 0.5) is 0 Å². The normalized spacial score (nSPS) is 14.0. The summed E-state index contributed by atoms with van der Waals surface area (Å²) in [6.07, 6.45) is 1.93. The predicted octanol–water partition coefficient (Wildman–Crippen LogP) is 4.26. The number of nitrogens with zero attached hydrogens (tertiary/aromatic N) is 1. The van der Waals surface area contributed by atoms with E-state index in [0.29, 0.717) is 6.61 Å². The van der Waals surface area contributed by atoms with Crippen LogP contribution in [-0.2, 0) is 0 Å². The number of thiazole rings is 1. The molecular formula is C16H22N2OS. The molecule has 20 heavy (non-hydrogen) atoms. The summed E-state index contributed by atoms with van der Waals surface area (Å²) in [6.45, 7) is 9.09. The molecule has 108 valence electrons. The zero-order valence-electron chi connectivity index (χ0n) is 12.5. The van der Waals surface area contributed by atoms with Gasteiger partial charge in [-0.1, -0.05) is 18.2 Å². The topological polar surface area (TPSA) is 34.1 Å². The molecule has 0 saturated heterocycles. The zero-order chi connectivity index (χ0) is 14.5. The highest BCUT2D eigenvalue weighted by Gasteiger charge is 2.16. The molecule has 0 aliphatic heterocycles. The molecule has 0 radical (unpaired) electrons. The van der Waals surface area contributed by atoms with Crippen LogP contribution < -0.4 is 10.1 Å². The average Bonchev–Trinajstić information content (AvgIpc) is 2.86. The third kappa shape index (κ3) is 3.58. The molecule has 1 aromatic heterocycles. The van der Waals surface area contributed by atoms with Gasteiger partial charge in [0.2, 0.25) is 0 Å². The minimum absolute atomic E-state index is 0.219. The molecule has 0 aliphatic carbocycles. The number of para-hydroxylation sites is 1. The van der Waals surface area contributed by atoms with E-state index >= 15 is 0 Å². The summed E-state index contributed by atoms with van der Waals surface area (Å²) in [7, 11) is 0. The smallest absolute Gasteiger partial charge is 0.124 e. The fourth-order valence-corrected chi connectivity index (χ4v) is 3.02. The van der Waals surface area contributed by atoms with Gasteiger partial charge in [0.05, 0.1) is 12.6 Å². The molecule has 1 N–H and O–H groups in total. The number of rotatable bonds is 6. The summed E-state index contributed by atoms with van der Waals surface area (Å²) >= 11 is 1.74. The van der Waals surface area contributed by atoms with E-state index in [1.807, 2.05) is 31.3 Å². The molecule has 0 spiro atoms. The number of nitrogens with one attached hydrogen (secondary N) is 1. The Labute approximate surface area is 125 Å². The number of ether oxygens (including phenoxy) is 1. The number of aromatic nitrogens is 1. The molecule has 2 unspecified atom stereocenters. The first-order valence-electron chi connectivity index (χ1n) is 7.02. The Morgan fingerprint density at radius 3 is 2.65 bits per heavy atom. The summed E-state index contributed by atoms with van der Waals surface area (Å²) in [4.78, 5) is 5.69. The quantitative estimate of drug-likeness (QED) is 0.863.